The van der Waals surface area contributed by atoms with Gasteiger partial charge in [0.25, 0.3) is 10.0 Å². The predicted octanol–water partition coefficient (Wildman–Crippen LogP) is 3.15. The van der Waals surface area contributed by atoms with E-state index in [1.165, 1.54) is 37.9 Å². The summed E-state index contributed by atoms with van der Waals surface area (Å²) < 4.78 is 32.8. The first-order valence-corrected chi connectivity index (χ1v) is 12.4. The number of sulfonamides is 1. The molecule has 7 nitrogen and oxygen atoms in total. The van der Waals surface area contributed by atoms with Gasteiger partial charge in [0.2, 0.25) is 0 Å². The highest BCUT2D eigenvalue weighted by Crippen LogP contribution is 2.27. The number of fused-ring (bicyclic) bond motifs is 1. The molecule has 0 radical (unpaired) electrons. The van der Waals surface area contributed by atoms with Crippen LogP contribution in [0.1, 0.15) is 43.2 Å². The molecular formula is C23H30N4O3S. The Labute approximate surface area is 184 Å². The van der Waals surface area contributed by atoms with E-state index in [-0.39, 0.29) is 4.90 Å². The Hall–Kier alpha value is -2.58. The number of aliphatic imine (C=N–C) groups is 1. The van der Waals surface area contributed by atoms with E-state index in [1.54, 1.807) is 18.2 Å². The number of amidine groups is 1. The first-order chi connectivity index (χ1) is 15.0. The molecule has 0 bridgehead atoms. The van der Waals surface area contributed by atoms with E-state index in [2.05, 4.69) is 32.8 Å². The number of hydrogen-bond donors (Lipinski definition) is 2. The fourth-order valence-electron chi connectivity index (χ4n) is 4.07. The minimum atomic E-state index is -3.56. The summed E-state index contributed by atoms with van der Waals surface area (Å²) in [5, 5.41) is 0. The molecular weight excluding hydrogens is 412 g/mol. The molecule has 4 rings (SSSR count). The second-order valence-electron chi connectivity index (χ2n) is 8.10. The molecule has 8 heteroatoms. The van der Waals surface area contributed by atoms with Crippen molar-refractivity contribution in [1.82, 2.24) is 9.62 Å². The number of nitrogen functional groups attached to an aromatic ring is 1. The Morgan fingerprint density at radius 2 is 1.87 bits per heavy atom. The van der Waals surface area contributed by atoms with E-state index in [9.17, 15) is 8.42 Å². The average molecular weight is 443 g/mol. The van der Waals surface area contributed by atoms with E-state index >= 15 is 0 Å². The molecule has 1 saturated heterocycles. The lowest BCUT2D eigenvalue weighted by Crippen LogP contribution is -2.29. The number of likely N-dealkylation sites (tertiary alicyclic amines) is 1. The Balaban J connectivity index is 1.24. The predicted molar refractivity (Wildman–Crippen MR) is 123 cm³/mol. The molecule has 0 amide bonds. The van der Waals surface area contributed by atoms with E-state index in [0.717, 1.165) is 25.1 Å². The van der Waals surface area contributed by atoms with Crippen molar-refractivity contribution in [2.24, 2.45) is 4.99 Å². The maximum atomic E-state index is 12.2. The van der Waals surface area contributed by atoms with Gasteiger partial charge >= 0.3 is 0 Å². The van der Waals surface area contributed by atoms with Crippen molar-refractivity contribution in [3.63, 3.8) is 0 Å². The van der Waals surface area contributed by atoms with E-state index in [1.807, 2.05) is 6.07 Å². The Morgan fingerprint density at radius 3 is 2.71 bits per heavy atom. The Kier molecular flexibility index (Phi) is 6.77. The molecule has 3 N–H and O–H groups in total. The van der Waals surface area contributed by atoms with Crippen LogP contribution in [0.4, 0.5) is 5.69 Å². The maximum Gasteiger partial charge on any atom is 0.263 e. The van der Waals surface area contributed by atoms with Crippen LogP contribution in [-0.2, 0) is 16.6 Å². The van der Waals surface area contributed by atoms with Crippen molar-refractivity contribution < 1.29 is 13.2 Å². The van der Waals surface area contributed by atoms with Gasteiger partial charge in [-0.25, -0.2) is 8.42 Å². The number of rotatable bonds is 8. The van der Waals surface area contributed by atoms with Gasteiger partial charge in [0, 0.05) is 18.8 Å². The summed E-state index contributed by atoms with van der Waals surface area (Å²) in [6.07, 6.45) is 5.55. The van der Waals surface area contributed by atoms with Crippen LogP contribution in [0.15, 0.2) is 52.4 Å². The number of hydrogen-bond acceptors (Lipinski definition) is 6. The third-order valence-corrected chi connectivity index (χ3v) is 7.04. The summed E-state index contributed by atoms with van der Waals surface area (Å²) in [5.41, 5.74) is 8.14. The van der Waals surface area contributed by atoms with E-state index in [4.69, 9.17) is 10.5 Å². The molecule has 0 spiro atoms. The molecule has 1 fully saturated rings. The van der Waals surface area contributed by atoms with Crippen molar-refractivity contribution in [3.8, 4) is 5.75 Å². The van der Waals surface area contributed by atoms with Crippen LogP contribution in [-0.4, -0.2) is 45.4 Å². The van der Waals surface area contributed by atoms with Crippen LogP contribution in [0.3, 0.4) is 0 Å². The quantitative estimate of drug-likeness (QED) is 0.484. The van der Waals surface area contributed by atoms with Crippen molar-refractivity contribution >= 4 is 21.5 Å². The van der Waals surface area contributed by atoms with Gasteiger partial charge in [0.15, 0.2) is 0 Å². The van der Waals surface area contributed by atoms with Crippen LogP contribution in [0, 0.1) is 0 Å². The molecule has 2 aliphatic heterocycles. The highest BCUT2D eigenvalue weighted by Gasteiger charge is 2.32. The van der Waals surface area contributed by atoms with Gasteiger partial charge in [0.05, 0.1) is 12.2 Å². The molecule has 2 aromatic carbocycles. The van der Waals surface area contributed by atoms with Crippen LogP contribution in [0.25, 0.3) is 0 Å². The largest absolute Gasteiger partial charge is 0.494 e. The number of nitrogens with one attached hydrogen (secondary N) is 1. The molecule has 2 aromatic rings. The van der Waals surface area contributed by atoms with Crippen LogP contribution in [0.2, 0.25) is 0 Å². The Bertz CT molecular complexity index is 1050. The lowest BCUT2D eigenvalue weighted by Gasteiger charge is -2.26. The second kappa shape index (κ2) is 9.70. The highest BCUT2D eigenvalue weighted by molar-refractivity contribution is 7.90. The van der Waals surface area contributed by atoms with Gasteiger partial charge in [-0.05, 0) is 68.6 Å². The summed E-state index contributed by atoms with van der Waals surface area (Å²) in [6, 6.07) is 13.2. The topological polar surface area (TPSA) is 97.0 Å². The summed E-state index contributed by atoms with van der Waals surface area (Å²) in [6.45, 7) is 4.45. The van der Waals surface area contributed by atoms with Crippen LogP contribution < -0.4 is 15.2 Å². The molecule has 0 atom stereocenters. The molecule has 0 saturated carbocycles. The van der Waals surface area contributed by atoms with Gasteiger partial charge in [0.1, 0.15) is 16.5 Å². The highest BCUT2D eigenvalue weighted by atomic mass is 32.2. The molecule has 0 aromatic heterocycles. The number of unbranched alkanes of at least 4 members (excludes halogenated alkanes) is 1. The summed E-state index contributed by atoms with van der Waals surface area (Å²) in [4.78, 5) is 7.13. The lowest BCUT2D eigenvalue weighted by molar-refractivity contribution is 0.220. The zero-order chi connectivity index (χ0) is 21.7. The third kappa shape index (κ3) is 5.37. The number of nitrogens with two attached hydrogens (primary N) is 1. The van der Waals surface area contributed by atoms with Crippen LogP contribution >= 0.6 is 0 Å². The van der Waals surface area contributed by atoms with Crippen molar-refractivity contribution in [1.29, 1.82) is 0 Å². The minimum Gasteiger partial charge on any atom is -0.494 e. The molecule has 31 heavy (non-hydrogen) atoms. The number of anilines is 1. The number of ether oxygens (including phenoxy) is 1. The zero-order valence-corrected chi connectivity index (χ0v) is 18.5. The minimum absolute atomic E-state index is 0.194. The molecule has 2 heterocycles. The number of benzene rings is 2. The second-order valence-corrected chi connectivity index (χ2v) is 9.75. The SMILES string of the molecule is Nc1cccc2c1C(=NCCCCOc1cccc(CN3CCCCC3)c1)NS2(=O)=O. The van der Waals surface area contributed by atoms with Crippen LogP contribution in [0.5, 0.6) is 5.75 Å². The molecule has 0 aliphatic carbocycles. The van der Waals surface area contributed by atoms with Gasteiger partial charge in [-0.1, -0.05) is 24.6 Å². The maximum absolute atomic E-state index is 12.2. The van der Waals surface area contributed by atoms with Gasteiger partial charge < -0.3 is 10.5 Å². The molecule has 166 valence electrons. The smallest absolute Gasteiger partial charge is 0.263 e. The van der Waals surface area contributed by atoms with E-state index in [0.29, 0.717) is 30.2 Å². The Morgan fingerprint density at radius 1 is 1.06 bits per heavy atom. The summed E-state index contributed by atoms with van der Waals surface area (Å²) in [7, 11) is -3.56. The van der Waals surface area contributed by atoms with Gasteiger partial charge in [-0.3, -0.25) is 14.6 Å². The van der Waals surface area contributed by atoms with E-state index < -0.39 is 10.0 Å². The average Bonchev–Trinajstić information content (AvgIpc) is 3.03. The number of nitrogens with zero attached hydrogens (tertiary/aromatic N) is 2. The zero-order valence-electron chi connectivity index (χ0n) is 17.7. The van der Waals surface area contributed by atoms with Crippen molar-refractivity contribution in [2.45, 2.75) is 43.5 Å². The van der Waals surface area contributed by atoms with Crippen molar-refractivity contribution in [2.75, 3.05) is 32.0 Å². The normalized spacial score (nSPS) is 19.2. The van der Waals surface area contributed by atoms with Gasteiger partial charge in [-0.2, -0.15) is 0 Å². The first-order valence-electron chi connectivity index (χ1n) is 10.9. The summed E-state index contributed by atoms with van der Waals surface area (Å²) >= 11 is 0. The standard InChI is InChI=1S/C23H30N4O3S/c24-20-10-7-11-21-22(20)23(26-31(21,28)29)25-12-2-5-15-30-19-9-6-8-18(16-19)17-27-13-3-1-4-14-27/h6-11,16H,1-5,12-15,17,24H2,(H,25,26). The first kappa shape index (κ1) is 21.6. The fourth-order valence-corrected chi connectivity index (χ4v) is 5.35. The van der Waals surface area contributed by atoms with Gasteiger partial charge in [-0.15, -0.1) is 0 Å². The lowest BCUT2D eigenvalue weighted by atomic mass is 10.1. The number of piperidine rings is 1. The third-order valence-electron chi connectivity index (χ3n) is 5.66. The molecule has 0 unspecified atom stereocenters. The molecule has 2 aliphatic rings. The fraction of sp³-hybridized carbons (Fsp3) is 0.435. The summed E-state index contributed by atoms with van der Waals surface area (Å²) in [5.74, 6) is 1.23. The van der Waals surface area contributed by atoms with Crippen molar-refractivity contribution in [3.05, 3.63) is 53.6 Å². The monoisotopic (exact) mass is 442 g/mol.